The maximum atomic E-state index is 13.5. The third kappa shape index (κ3) is 6.74. The van der Waals surface area contributed by atoms with Crippen LogP contribution in [0.1, 0.15) is 32.8 Å². The fourth-order valence-electron chi connectivity index (χ4n) is 1.53. The summed E-state index contributed by atoms with van der Waals surface area (Å²) in [4.78, 5) is 23.0. The number of carbonyl (C=O) groups excluding carboxylic acids is 2. The van der Waals surface area contributed by atoms with Crippen LogP contribution in [-0.2, 0) is 9.53 Å². The molecule has 0 heterocycles. The average molecular weight is 296 g/mol. The lowest BCUT2D eigenvalue weighted by Gasteiger charge is -2.19. The minimum Gasteiger partial charge on any atom is -0.444 e. The second-order valence-corrected chi connectivity index (χ2v) is 5.71. The third-order valence-corrected chi connectivity index (χ3v) is 2.42. The average Bonchev–Trinajstić information content (AvgIpc) is 2.30. The molecule has 1 aromatic carbocycles. The summed E-state index contributed by atoms with van der Waals surface area (Å²) in [5.41, 5.74) is 0.317. The molecule has 0 saturated carbocycles. The zero-order chi connectivity index (χ0) is 16.0. The van der Waals surface area contributed by atoms with Gasteiger partial charge in [-0.15, -0.1) is 0 Å². The lowest BCUT2D eigenvalue weighted by atomic mass is 10.2. The normalized spacial score (nSPS) is 10.9. The maximum Gasteiger partial charge on any atom is 0.407 e. The van der Waals surface area contributed by atoms with Crippen LogP contribution < -0.4 is 10.6 Å². The number of ether oxygens (including phenoxy) is 1. The van der Waals surface area contributed by atoms with Crippen LogP contribution in [0.4, 0.5) is 14.9 Å². The largest absolute Gasteiger partial charge is 0.444 e. The van der Waals surface area contributed by atoms with E-state index in [1.54, 1.807) is 33.8 Å². The van der Waals surface area contributed by atoms with Gasteiger partial charge in [0, 0.05) is 13.0 Å². The van der Waals surface area contributed by atoms with Crippen LogP contribution in [-0.4, -0.2) is 24.1 Å². The van der Waals surface area contributed by atoms with Crippen molar-refractivity contribution in [1.29, 1.82) is 0 Å². The molecule has 0 saturated heterocycles. The van der Waals surface area contributed by atoms with Crippen molar-refractivity contribution in [3.63, 3.8) is 0 Å². The number of hydrogen-bond acceptors (Lipinski definition) is 3. The summed E-state index contributed by atoms with van der Waals surface area (Å²) in [5, 5.41) is 4.92. The van der Waals surface area contributed by atoms with E-state index in [2.05, 4.69) is 10.6 Å². The van der Waals surface area contributed by atoms with Crippen LogP contribution >= 0.6 is 0 Å². The molecule has 6 heteroatoms. The van der Waals surface area contributed by atoms with E-state index in [0.29, 0.717) is 0 Å². The number of aryl methyl sites for hydroxylation is 1. The van der Waals surface area contributed by atoms with Crippen molar-refractivity contribution in [3.05, 3.63) is 29.6 Å². The van der Waals surface area contributed by atoms with E-state index in [9.17, 15) is 14.0 Å². The van der Waals surface area contributed by atoms with Crippen molar-refractivity contribution >= 4 is 17.7 Å². The first-order valence-corrected chi connectivity index (χ1v) is 6.70. The molecule has 2 N–H and O–H groups in total. The highest BCUT2D eigenvalue weighted by Crippen LogP contribution is 2.15. The molecule has 0 spiro atoms. The fraction of sp³-hybridized carbons (Fsp3) is 0.467. The second-order valence-electron chi connectivity index (χ2n) is 5.71. The Morgan fingerprint density at radius 2 is 1.95 bits per heavy atom. The first-order valence-electron chi connectivity index (χ1n) is 6.70. The number of rotatable bonds is 4. The van der Waals surface area contributed by atoms with E-state index in [0.717, 1.165) is 5.56 Å². The van der Waals surface area contributed by atoms with Crippen LogP contribution in [0.15, 0.2) is 18.2 Å². The molecule has 0 unspecified atom stereocenters. The number of hydrogen-bond donors (Lipinski definition) is 2. The Labute approximate surface area is 123 Å². The molecular formula is C15H21FN2O3. The van der Waals surface area contributed by atoms with Gasteiger partial charge in [-0.1, -0.05) is 6.07 Å². The van der Waals surface area contributed by atoms with Gasteiger partial charge < -0.3 is 15.4 Å². The number of halogens is 1. The predicted octanol–water partition coefficient (Wildman–Crippen LogP) is 2.99. The van der Waals surface area contributed by atoms with Crippen LogP contribution in [0.2, 0.25) is 0 Å². The molecule has 0 aromatic heterocycles. The number of alkyl carbamates (subject to hydrolysis) is 1. The molecule has 5 nitrogen and oxygen atoms in total. The Hall–Kier alpha value is -2.11. The summed E-state index contributed by atoms with van der Waals surface area (Å²) < 4.78 is 18.6. The molecule has 0 radical (unpaired) electrons. The quantitative estimate of drug-likeness (QED) is 0.897. The molecule has 0 aliphatic rings. The van der Waals surface area contributed by atoms with E-state index in [1.807, 2.05) is 0 Å². The van der Waals surface area contributed by atoms with E-state index >= 15 is 0 Å². The maximum absolute atomic E-state index is 13.5. The lowest BCUT2D eigenvalue weighted by molar-refractivity contribution is -0.116. The Morgan fingerprint density at radius 1 is 1.29 bits per heavy atom. The molecule has 0 fully saturated rings. The van der Waals surface area contributed by atoms with Gasteiger partial charge in [0.2, 0.25) is 5.91 Å². The minimum absolute atomic E-state index is 0.0343. The standard InChI is InChI=1S/C15H21FN2O3/c1-10-5-6-12(11(16)9-10)18-13(19)7-8-17-14(20)21-15(2,3)4/h5-6,9H,7-8H2,1-4H3,(H,17,20)(H,18,19). The summed E-state index contributed by atoms with van der Waals surface area (Å²) in [6.45, 7) is 7.13. The number of nitrogens with one attached hydrogen (secondary N) is 2. The van der Waals surface area contributed by atoms with Crippen LogP contribution in [0.3, 0.4) is 0 Å². The number of amides is 2. The first kappa shape index (κ1) is 16.9. The highest BCUT2D eigenvalue weighted by atomic mass is 19.1. The number of carbonyl (C=O) groups is 2. The molecule has 1 aromatic rings. The zero-order valence-corrected chi connectivity index (χ0v) is 12.7. The Balaban J connectivity index is 2.36. The van der Waals surface area contributed by atoms with Gasteiger partial charge in [-0.25, -0.2) is 9.18 Å². The molecule has 0 atom stereocenters. The first-order chi connectivity index (χ1) is 9.67. The number of anilines is 1. The minimum atomic E-state index is -0.586. The molecule has 0 bridgehead atoms. The van der Waals surface area contributed by atoms with Gasteiger partial charge in [-0.05, 0) is 45.4 Å². The second kappa shape index (κ2) is 7.06. The molecule has 2 amide bonds. The van der Waals surface area contributed by atoms with Gasteiger partial charge >= 0.3 is 6.09 Å². The van der Waals surface area contributed by atoms with Crippen molar-refractivity contribution in [1.82, 2.24) is 5.32 Å². The summed E-state index contributed by atoms with van der Waals surface area (Å²) in [5.74, 6) is -0.864. The lowest BCUT2D eigenvalue weighted by Crippen LogP contribution is -2.34. The molecule has 0 aliphatic carbocycles. The van der Waals surface area contributed by atoms with Gasteiger partial charge in [0.1, 0.15) is 11.4 Å². The van der Waals surface area contributed by atoms with E-state index < -0.39 is 17.5 Å². The SMILES string of the molecule is Cc1ccc(NC(=O)CCNC(=O)OC(C)(C)C)c(F)c1. The van der Waals surface area contributed by atoms with Crippen molar-refractivity contribution in [2.75, 3.05) is 11.9 Å². The van der Waals surface area contributed by atoms with Crippen molar-refractivity contribution in [3.8, 4) is 0 Å². The van der Waals surface area contributed by atoms with Gasteiger partial charge in [0.25, 0.3) is 0 Å². The Kier molecular flexibility index (Phi) is 5.69. The highest BCUT2D eigenvalue weighted by Gasteiger charge is 2.16. The number of benzene rings is 1. The van der Waals surface area contributed by atoms with Gasteiger partial charge in [0.15, 0.2) is 0 Å². The Morgan fingerprint density at radius 3 is 2.52 bits per heavy atom. The van der Waals surface area contributed by atoms with Crippen molar-refractivity contribution < 1.29 is 18.7 Å². The zero-order valence-electron chi connectivity index (χ0n) is 12.7. The smallest absolute Gasteiger partial charge is 0.407 e. The molecule has 1 rings (SSSR count). The summed E-state index contributed by atoms with van der Waals surface area (Å²) in [7, 11) is 0. The third-order valence-electron chi connectivity index (χ3n) is 2.42. The van der Waals surface area contributed by atoms with Gasteiger partial charge in [-0.3, -0.25) is 4.79 Å². The summed E-state index contributed by atoms with van der Waals surface area (Å²) in [6, 6.07) is 4.55. The highest BCUT2D eigenvalue weighted by molar-refractivity contribution is 5.91. The topological polar surface area (TPSA) is 67.4 Å². The van der Waals surface area contributed by atoms with Gasteiger partial charge in [-0.2, -0.15) is 0 Å². The van der Waals surface area contributed by atoms with Crippen LogP contribution in [0.5, 0.6) is 0 Å². The van der Waals surface area contributed by atoms with E-state index in [-0.39, 0.29) is 24.6 Å². The van der Waals surface area contributed by atoms with Crippen molar-refractivity contribution in [2.45, 2.75) is 39.7 Å². The molecule has 116 valence electrons. The summed E-state index contributed by atoms with van der Waals surface area (Å²) >= 11 is 0. The molecular weight excluding hydrogens is 275 g/mol. The summed E-state index contributed by atoms with van der Waals surface area (Å²) in [6.07, 6.45) is -0.552. The molecule has 0 aliphatic heterocycles. The van der Waals surface area contributed by atoms with E-state index in [1.165, 1.54) is 12.1 Å². The Bertz CT molecular complexity index is 524. The predicted molar refractivity (Wildman–Crippen MR) is 78.6 cm³/mol. The van der Waals surface area contributed by atoms with E-state index in [4.69, 9.17) is 4.74 Å². The van der Waals surface area contributed by atoms with Crippen LogP contribution in [0, 0.1) is 12.7 Å². The monoisotopic (exact) mass is 296 g/mol. The van der Waals surface area contributed by atoms with Gasteiger partial charge in [0.05, 0.1) is 5.69 Å². The molecule has 21 heavy (non-hydrogen) atoms. The van der Waals surface area contributed by atoms with Crippen LogP contribution in [0.25, 0.3) is 0 Å². The van der Waals surface area contributed by atoms with Crippen molar-refractivity contribution in [2.24, 2.45) is 0 Å². The fourth-order valence-corrected chi connectivity index (χ4v) is 1.53.